The number of halogens is 3. The van der Waals surface area contributed by atoms with Crippen molar-refractivity contribution in [2.24, 2.45) is 0 Å². The molecule has 1 aromatic heterocycles. The maximum absolute atomic E-state index is 13.7. The van der Waals surface area contributed by atoms with Crippen LogP contribution in [-0.4, -0.2) is 11.5 Å². The minimum Gasteiger partial charge on any atom is -0.368 e. The number of nitrogens with one attached hydrogen (secondary N) is 2. The first-order chi connectivity index (χ1) is 9.51. The Balaban J connectivity index is 2.32. The summed E-state index contributed by atoms with van der Waals surface area (Å²) in [5.41, 5.74) is 0.897. The lowest BCUT2D eigenvalue weighted by Gasteiger charge is -2.11. The van der Waals surface area contributed by atoms with Gasteiger partial charge in [-0.05, 0) is 37.6 Å². The van der Waals surface area contributed by atoms with Gasteiger partial charge in [-0.15, -0.1) is 0 Å². The van der Waals surface area contributed by atoms with Crippen LogP contribution in [0.1, 0.15) is 12.5 Å². The van der Waals surface area contributed by atoms with E-state index >= 15 is 0 Å². The summed E-state index contributed by atoms with van der Waals surface area (Å²) in [7, 11) is 0. The number of anilines is 3. The molecule has 0 aliphatic carbocycles. The van der Waals surface area contributed by atoms with Crippen LogP contribution in [0.15, 0.2) is 24.3 Å². The highest BCUT2D eigenvalue weighted by Crippen LogP contribution is 2.23. The number of aromatic nitrogens is 1. The summed E-state index contributed by atoms with van der Waals surface area (Å²) in [6.07, 6.45) is 0. The van der Waals surface area contributed by atoms with Crippen molar-refractivity contribution in [1.29, 1.82) is 0 Å². The van der Waals surface area contributed by atoms with E-state index in [9.17, 15) is 13.2 Å². The first-order valence-electron chi connectivity index (χ1n) is 6.14. The average molecular weight is 281 g/mol. The van der Waals surface area contributed by atoms with Gasteiger partial charge in [0.25, 0.3) is 0 Å². The van der Waals surface area contributed by atoms with E-state index in [4.69, 9.17) is 0 Å². The van der Waals surface area contributed by atoms with Crippen molar-refractivity contribution in [3.63, 3.8) is 0 Å². The number of benzene rings is 1. The van der Waals surface area contributed by atoms with Gasteiger partial charge in [0, 0.05) is 18.3 Å². The molecule has 20 heavy (non-hydrogen) atoms. The molecule has 0 unspecified atom stereocenters. The molecule has 2 rings (SSSR count). The van der Waals surface area contributed by atoms with Gasteiger partial charge in [-0.1, -0.05) is 0 Å². The van der Waals surface area contributed by atoms with Crippen LogP contribution in [0.2, 0.25) is 0 Å². The summed E-state index contributed by atoms with van der Waals surface area (Å²) in [6.45, 7) is 3.84. The van der Waals surface area contributed by atoms with E-state index in [1.54, 1.807) is 13.8 Å². The smallest absolute Gasteiger partial charge is 0.169 e. The zero-order valence-corrected chi connectivity index (χ0v) is 11.1. The molecular weight excluding hydrogens is 267 g/mol. The standard InChI is InChI=1S/C14H14F3N3/c1-3-18-13-11(16)7-12(17)14(20-13)19-9-4-5-10(15)8(2)6-9/h4-7H,3H2,1-2H3,(H2,18,19,20). The molecule has 1 aromatic carbocycles. The first kappa shape index (κ1) is 14.2. The lowest BCUT2D eigenvalue weighted by Crippen LogP contribution is -2.06. The van der Waals surface area contributed by atoms with Crippen LogP contribution < -0.4 is 10.6 Å². The molecule has 0 saturated heterocycles. The third kappa shape index (κ3) is 3.01. The maximum Gasteiger partial charge on any atom is 0.169 e. The van der Waals surface area contributed by atoms with Crippen molar-refractivity contribution in [3.05, 3.63) is 47.3 Å². The van der Waals surface area contributed by atoms with E-state index in [2.05, 4.69) is 15.6 Å². The molecule has 1 heterocycles. The zero-order chi connectivity index (χ0) is 14.7. The number of hydrogen-bond donors (Lipinski definition) is 2. The molecule has 3 nitrogen and oxygen atoms in total. The molecular formula is C14H14F3N3. The minimum atomic E-state index is -0.814. The summed E-state index contributed by atoms with van der Waals surface area (Å²) in [4.78, 5) is 3.84. The zero-order valence-electron chi connectivity index (χ0n) is 11.1. The van der Waals surface area contributed by atoms with Crippen molar-refractivity contribution >= 4 is 17.3 Å². The first-order valence-corrected chi connectivity index (χ1v) is 6.14. The van der Waals surface area contributed by atoms with Crippen LogP contribution in [0.25, 0.3) is 0 Å². The lowest BCUT2D eigenvalue weighted by atomic mass is 10.2. The average Bonchev–Trinajstić information content (AvgIpc) is 2.39. The summed E-state index contributed by atoms with van der Waals surface area (Å²) in [6, 6.07) is 5.00. The second-order valence-electron chi connectivity index (χ2n) is 4.27. The number of rotatable bonds is 4. The summed E-state index contributed by atoms with van der Waals surface area (Å²) >= 11 is 0. The van der Waals surface area contributed by atoms with Crippen LogP contribution in [0.3, 0.4) is 0 Å². The molecule has 0 bridgehead atoms. The third-order valence-electron chi connectivity index (χ3n) is 2.69. The number of pyridine rings is 1. The quantitative estimate of drug-likeness (QED) is 0.890. The monoisotopic (exact) mass is 281 g/mol. The van der Waals surface area contributed by atoms with Gasteiger partial charge in [-0.3, -0.25) is 0 Å². The minimum absolute atomic E-state index is 0.0322. The topological polar surface area (TPSA) is 37.0 Å². The molecule has 2 N–H and O–H groups in total. The molecule has 0 fully saturated rings. The predicted octanol–water partition coefficient (Wildman–Crippen LogP) is 3.98. The van der Waals surface area contributed by atoms with Gasteiger partial charge in [0.2, 0.25) is 0 Å². The van der Waals surface area contributed by atoms with Crippen LogP contribution in [0.5, 0.6) is 0 Å². The van der Waals surface area contributed by atoms with Crippen molar-refractivity contribution in [3.8, 4) is 0 Å². The lowest BCUT2D eigenvalue weighted by molar-refractivity contribution is 0.579. The summed E-state index contributed by atoms with van der Waals surface area (Å²) in [5, 5.41) is 5.40. The van der Waals surface area contributed by atoms with Gasteiger partial charge in [0.15, 0.2) is 23.3 Å². The molecule has 0 radical (unpaired) electrons. The van der Waals surface area contributed by atoms with Crippen molar-refractivity contribution in [1.82, 2.24) is 4.98 Å². The van der Waals surface area contributed by atoms with Crippen LogP contribution in [0.4, 0.5) is 30.5 Å². The largest absolute Gasteiger partial charge is 0.368 e. The van der Waals surface area contributed by atoms with E-state index in [0.717, 1.165) is 6.07 Å². The molecule has 0 saturated carbocycles. The Labute approximate surface area is 114 Å². The molecule has 6 heteroatoms. The molecule has 0 amide bonds. The number of nitrogens with zero attached hydrogens (tertiary/aromatic N) is 1. The van der Waals surface area contributed by atoms with Crippen molar-refractivity contribution in [2.75, 3.05) is 17.2 Å². The highest BCUT2D eigenvalue weighted by Gasteiger charge is 2.12. The Hall–Kier alpha value is -2.24. The van der Waals surface area contributed by atoms with Crippen molar-refractivity contribution in [2.45, 2.75) is 13.8 Å². The fourth-order valence-electron chi connectivity index (χ4n) is 1.70. The Bertz CT molecular complexity index is 629. The second-order valence-corrected chi connectivity index (χ2v) is 4.27. The molecule has 0 atom stereocenters. The van der Waals surface area contributed by atoms with E-state index < -0.39 is 11.6 Å². The van der Waals surface area contributed by atoms with Gasteiger partial charge < -0.3 is 10.6 Å². The SMILES string of the molecule is CCNc1nc(Nc2ccc(F)c(C)c2)c(F)cc1F. The molecule has 2 aromatic rings. The highest BCUT2D eigenvalue weighted by molar-refractivity contribution is 5.59. The van der Waals surface area contributed by atoms with Gasteiger partial charge in [0.05, 0.1) is 0 Å². The van der Waals surface area contributed by atoms with Gasteiger partial charge in [0.1, 0.15) is 5.82 Å². The third-order valence-corrected chi connectivity index (χ3v) is 2.69. The van der Waals surface area contributed by atoms with Crippen molar-refractivity contribution < 1.29 is 13.2 Å². The molecule has 106 valence electrons. The van der Waals surface area contributed by atoms with Gasteiger partial charge in [-0.25, -0.2) is 18.2 Å². The van der Waals surface area contributed by atoms with E-state index in [-0.39, 0.29) is 17.5 Å². The number of hydrogen-bond acceptors (Lipinski definition) is 3. The Morgan fingerprint density at radius 3 is 2.35 bits per heavy atom. The predicted molar refractivity (Wildman–Crippen MR) is 72.7 cm³/mol. The summed E-state index contributed by atoms with van der Waals surface area (Å²) in [5.74, 6) is -2.07. The molecule has 0 aliphatic heterocycles. The second kappa shape index (κ2) is 5.81. The number of aryl methyl sites for hydroxylation is 1. The Morgan fingerprint density at radius 2 is 1.70 bits per heavy atom. The van der Waals surface area contributed by atoms with Gasteiger partial charge >= 0.3 is 0 Å². The van der Waals surface area contributed by atoms with Crippen LogP contribution in [-0.2, 0) is 0 Å². The van der Waals surface area contributed by atoms with E-state index in [1.807, 2.05) is 0 Å². The molecule has 0 spiro atoms. The summed E-state index contributed by atoms with van der Waals surface area (Å²) < 4.78 is 40.3. The van der Waals surface area contributed by atoms with Crippen LogP contribution in [0, 0.1) is 24.4 Å². The fraction of sp³-hybridized carbons (Fsp3) is 0.214. The van der Waals surface area contributed by atoms with Crippen LogP contribution >= 0.6 is 0 Å². The van der Waals surface area contributed by atoms with Gasteiger partial charge in [-0.2, -0.15) is 0 Å². The normalized spacial score (nSPS) is 10.4. The van der Waals surface area contributed by atoms with E-state index in [1.165, 1.54) is 18.2 Å². The Morgan fingerprint density at radius 1 is 1.00 bits per heavy atom. The fourth-order valence-corrected chi connectivity index (χ4v) is 1.70. The molecule has 0 aliphatic rings. The van der Waals surface area contributed by atoms with E-state index in [0.29, 0.717) is 17.8 Å². The Kier molecular flexibility index (Phi) is 4.12. The maximum atomic E-state index is 13.7. The highest BCUT2D eigenvalue weighted by atomic mass is 19.1.